The lowest BCUT2D eigenvalue weighted by Crippen LogP contribution is -1.98. The summed E-state index contributed by atoms with van der Waals surface area (Å²) in [4.78, 5) is 15.6. The normalized spacial score (nSPS) is 11.3. The molecule has 0 saturated carbocycles. The van der Waals surface area contributed by atoms with Crippen molar-refractivity contribution in [1.82, 2.24) is 9.55 Å². The maximum atomic E-state index is 11.2. The zero-order valence-corrected chi connectivity index (χ0v) is 13.6. The van der Waals surface area contributed by atoms with Crippen LogP contribution in [0.3, 0.4) is 0 Å². The monoisotopic (exact) mass is 336 g/mol. The number of ketones is 1. The summed E-state index contributed by atoms with van der Waals surface area (Å²) in [6.07, 6.45) is 3.14. The molecule has 0 saturated heterocycles. The average molecular weight is 337 g/mol. The Morgan fingerprint density at radius 1 is 1.29 bits per heavy atom. The summed E-state index contributed by atoms with van der Waals surface area (Å²) in [7, 11) is 0. The molecule has 2 aromatic carbocycles. The Kier molecular flexibility index (Phi) is 4.32. The summed E-state index contributed by atoms with van der Waals surface area (Å²) in [5.74, 6) is -0.280. The van der Waals surface area contributed by atoms with Crippen LogP contribution in [0.5, 0.6) is 0 Å². The van der Waals surface area contributed by atoms with Gasteiger partial charge in [0, 0.05) is 22.6 Å². The molecule has 118 valence electrons. The smallest absolute Gasteiger partial charge is 0.171 e. The SMILES string of the molecule is CC(=O)/C(C#N)=C\Nc1ccc2c(c1)ncn2-c1ccc(Cl)cc1. The molecular formula is C18H13ClN4O. The Bertz CT molecular complexity index is 980. The lowest BCUT2D eigenvalue weighted by molar-refractivity contribution is -0.113. The lowest BCUT2D eigenvalue weighted by Gasteiger charge is -2.05. The van der Waals surface area contributed by atoms with E-state index in [1.54, 1.807) is 6.33 Å². The van der Waals surface area contributed by atoms with Gasteiger partial charge >= 0.3 is 0 Å². The number of rotatable bonds is 4. The highest BCUT2D eigenvalue weighted by molar-refractivity contribution is 6.30. The molecule has 1 aromatic heterocycles. The van der Waals surface area contributed by atoms with E-state index >= 15 is 0 Å². The summed E-state index contributed by atoms with van der Waals surface area (Å²) in [6.45, 7) is 1.35. The molecule has 0 aliphatic heterocycles. The predicted molar refractivity (Wildman–Crippen MR) is 94.1 cm³/mol. The fourth-order valence-electron chi connectivity index (χ4n) is 2.28. The highest BCUT2D eigenvalue weighted by Crippen LogP contribution is 2.22. The number of nitriles is 1. The maximum absolute atomic E-state index is 11.2. The van der Waals surface area contributed by atoms with E-state index in [9.17, 15) is 4.79 Å². The molecule has 0 fully saturated rings. The van der Waals surface area contributed by atoms with Crippen LogP contribution in [-0.2, 0) is 4.79 Å². The van der Waals surface area contributed by atoms with Crippen molar-refractivity contribution in [2.75, 3.05) is 5.32 Å². The van der Waals surface area contributed by atoms with Crippen LogP contribution in [0.2, 0.25) is 5.02 Å². The molecular weight excluding hydrogens is 324 g/mol. The summed E-state index contributed by atoms with van der Waals surface area (Å²) >= 11 is 5.92. The van der Waals surface area contributed by atoms with E-state index in [1.165, 1.54) is 13.1 Å². The molecule has 0 radical (unpaired) electrons. The van der Waals surface area contributed by atoms with Gasteiger partial charge in [0.25, 0.3) is 0 Å². The summed E-state index contributed by atoms with van der Waals surface area (Å²) < 4.78 is 1.96. The summed E-state index contributed by atoms with van der Waals surface area (Å²) in [5.41, 5.74) is 3.52. The number of halogens is 1. The number of hydrogen-bond donors (Lipinski definition) is 1. The van der Waals surface area contributed by atoms with E-state index in [1.807, 2.05) is 53.1 Å². The summed E-state index contributed by atoms with van der Waals surface area (Å²) in [5, 5.41) is 12.5. The fourth-order valence-corrected chi connectivity index (χ4v) is 2.40. The molecule has 1 heterocycles. The summed E-state index contributed by atoms with van der Waals surface area (Å²) in [6, 6.07) is 15.0. The second-order valence-corrected chi connectivity index (χ2v) is 5.60. The molecule has 1 N–H and O–H groups in total. The molecule has 0 aliphatic rings. The molecule has 0 spiro atoms. The zero-order chi connectivity index (χ0) is 17.1. The Hall–Kier alpha value is -3.10. The van der Waals surface area contributed by atoms with Crippen LogP contribution in [0.25, 0.3) is 16.7 Å². The third-order valence-electron chi connectivity index (χ3n) is 3.53. The van der Waals surface area contributed by atoms with E-state index in [0.717, 1.165) is 22.4 Å². The van der Waals surface area contributed by atoms with Crippen LogP contribution < -0.4 is 5.32 Å². The largest absolute Gasteiger partial charge is 0.360 e. The van der Waals surface area contributed by atoms with E-state index < -0.39 is 0 Å². The zero-order valence-electron chi connectivity index (χ0n) is 12.8. The van der Waals surface area contributed by atoms with Gasteiger partial charge in [0.15, 0.2) is 5.78 Å². The van der Waals surface area contributed by atoms with Crippen molar-refractivity contribution in [1.29, 1.82) is 5.26 Å². The number of benzene rings is 2. The molecule has 0 unspecified atom stereocenters. The number of nitrogens with zero attached hydrogens (tertiary/aromatic N) is 3. The van der Waals surface area contributed by atoms with Gasteiger partial charge in [-0.05, 0) is 49.4 Å². The van der Waals surface area contributed by atoms with E-state index in [4.69, 9.17) is 16.9 Å². The third-order valence-corrected chi connectivity index (χ3v) is 3.79. The second-order valence-electron chi connectivity index (χ2n) is 5.16. The topological polar surface area (TPSA) is 70.7 Å². The van der Waals surface area contributed by atoms with Gasteiger partial charge in [-0.1, -0.05) is 11.6 Å². The Labute approximate surface area is 143 Å². The van der Waals surface area contributed by atoms with Crippen molar-refractivity contribution in [3.8, 4) is 11.8 Å². The molecule has 0 amide bonds. The molecule has 0 bridgehead atoms. The molecule has 5 nitrogen and oxygen atoms in total. The standard InChI is InChI=1S/C18H13ClN4O/c1-12(24)13(9-20)10-21-15-4-7-18-17(8-15)22-11-23(18)16-5-2-14(19)3-6-16/h2-8,10-11,21H,1H3/b13-10-. The molecule has 3 rings (SSSR count). The maximum Gasteiger partial charge on any atom is 0.171 e. The van der Waals surface area contributed by atoms with Crippen molar-refractivity contribution < 1.29 is 4.79 Å². The highest BCUT2D eigenvalue weighted by Gasteiger charge is 2.06. The first-order valence-electron chi connectivity index (χ1n) is 7.19. The lowest BCUT2D eigenvalue weighted by atomic mass is 10.2. The number of Topliss-reactive ketones (excluding diaryl/α,β-unsaturated/α-hetero) is 1. The van der Waals surface area contributed by atoms with Gasteiger partial charge in [-0.25, -0.2) is 4.98 Å². The number of aromatic nitrogens is 2. The van der Waals surface area contributed by atoms with Gasteiger partial charge in [0.05, 0.1) is 11.0 Å². The van der Waals surface area contributed by atoms with Crippen molar-refractivity contribution in [2.45, 2.75) is 6.92 Å². The first kappa shape index (κ1) is 15.8. The fraction of sp³-hybridized carbons (Fsp3) is 0.0556. The predicted octanol–water partition coefficient (Wildman–Crippen LogP) is 4.09. The highest BCUT2D eigenvalue weighted by atomic mass is 35.5. The number of anilines is 1. The van der Waals surface area contributed by atoms with E-state index in [2.05, 4.69) is 10.3 Å². The molecule has 0 aliphatic carbocycles. The first-order valence-corrected chi connectivity index (χ1v) is 7.57. The number of nitrogens with one attached hydrogen (secondary N) is 1. The van der Waals surface area contributed by atoms with Crippen LogP contribution in [0.4, 0.5) is 5.69 Å². The first-order chi connectivity index (χ1) is 11.6. The van der Waals surface area contributed by atoms with Gasteiger partial charge in [0.1, 0.15) is 18.0 Å². The Morgan fingerprint density at radius 2 is 2.04 bits per heavy atom. The number of hydrogen-bond acceptors (Lipinski definition) is 4. The Morgan fingerprint density at radius 3 is 2.71 bits per heavy atom. The molecule has 3 aromatic rings. The minimum atomic E-state index is -0.280. The number of carbonyl (C=O) groups excluding carboxylic acids is 1. The number of fused-ring (bicyclic) bond motifs is 1. The minimum absolute atomic E-state index is 0.0711. The van der Waals surface area contributed by atoms with Crippen molar-refractivity contribution in [2.24, 2.45) is 0 Å². The van der Waals surface area contributed by atoms with Crippen LogP contribution in [0.1, 0.15) is 6.92 Å². The molecule has 24 heavy (non-hydrogen) atoms. The van der Waals surface area contributed by atoms with Crippen molar-refractivity contribution in [3.05, 3.63) is 65.6 Å². The number of imidazole rings is 1. The third kappa shape index (κ3) is 3.14. The molecule has 6 heteroatoms. The second kappa shape index (κ2) is 6.57. The van der Waals surface area contributed by atoms with E-state index in [-0.39, 0.29) is 11.4 Å². The quantitative estimate of drug-likeness (QED) is 0.575. The van der Waals surface area contributed by atoms with Crippen LogP contribution in [-0.4, -0.2) is 15.3 Å². The van der Waals surface area contributed by atoms with Crippen LogP contribution in [0.15, 0.2) is 60.6 Å². The van der Waals surface area contributed by atoms with Gasteiger partial charge < -0.3 is 5.32 Å². The van der Waals surface area contributed by atoms with Crippen molar-refractivity contribution >= 4 is 34.1 Å². The van der Waals surface area contributed by atoms with E-state index in [0.29, 0.717) is 5.02 Å². The van der Waals surface area contributed by atoms with Gasteiger partial charge in [-0.2, -0.15) is 5.26 Å². The number of allylic oxidation sites excluding steroid dienone is 1. The molecule has 0 atom stereocenters. The number of carbonyl (C=O) groups is 1. The minimum Gasteiger partial charge on any atom is -0.360 e. The van der Waals surface area contributed by atoms with Crippen LogP contribution >= 0.6 is 11.6 Å². The van der Waals surface area contributed by atoms with Gasteiger partial charge in [-0.15, -0.1) is 0 Å². The van der Waals surface area contributed by atoms with Gasteiger partial charge in [-0.3, -0.25) is 9.36 Å². The Balaban J connectivity index is 1.93. The van der Waals surface area contributed by atoms with Crippen molar-refractivity contribution in [3.63, 3.8) is 0 Å². The average Bonchev–Trinajstić information content (AvgIpc) is 2.99. The van der Waals surface area contributed by atoms with Crippen LogP contribution in [0, 0.1) is 11.3 Å². The van der Waals surface area contributed by atoms with Gasteiger partial charge in [0.2, 0.25) is 0 Å².